The molecule has 29 heavy (non-hydrogen) atoms. The smallest absolute Gasteiger partial charge is 0.0117 e. The summed E-state index contributed by atoms with van der Waals surface area (Å²) in [5, 5.41) is 3.13. The molecule has 1 aliphatic carbocycles. The van der Waals surface area contributed by atoms with Crippen LogP contribution in [0.2, 0.25) is 0 Å². The molecule has 1 nitrogen and oxygen atoms in total. The normalized spacial score (nSPS) is 16.2. The van der Waals surface area contributed by atoms with E-state index in [9.17, 15) is 0 Å². The number of hydrogen-bond donors (Lipinski definition) is 1. The highest BCUT2D eigenvalue weighted by Gasteiger charge is 2.10. The second kappa shape index (κ2) is 12.3. The van der Waals surface area contributed by atoms with E-state index in [1.54, 1.807) is 0 Å². The lowest BCUT2D eigenvalue weighted by Gasteiger charge is -2.18. The number of rotatable bonds is 10. The molecule has 0 spiro atoms. The van der Waals surface area contributed by atoms with E-state index in [1.165, 1.54) is 54.4 Å². The monoisotopic (exact) mass is 389 g/mol. The van der Waals surface area contributed by atoms with E-state index < -0.39 is 0 Å². The van der Waals surface area contributed by atoms with Gasteiger partial charge in [0.15, 0.2) is 0 Å². The molecule has 0 unspecified atom stereocenters. The second-order valence-corrected chi connectivity index (χ2v) is 8.21. The van der Waals surface area contributed by atoms with Crippen molar-refractivity contribution in [2.75, 3.05) is 7.05 Å². The van der Waals surface area contributed by atoms with Crippen molar-refractivity contribution in [3.63, 3.8) is 0 Å². The van der Waals surface area contributed by atoms with E-state index in [2.05, 4.69) is 80.9 Å². The fraction of sp³-hybridized carbons (Fsp3) is 0.429. The summed E-state index contributed by atoms with van der Waals surface area (Å²) in [6.45, 7) is 12.8. The van der Waals surface area contributed by atoms with Gasteiger partial charge in [-0.15, -0.1) is 0 Å². The lowest BCUT2D eigenvalue weighted by molar-refractivity contribution is 0.419. The van der Waals surface area contributed by atoms with Gasteiger partial charge in [0.2, 0.25) is 0 Å². The molecule has 1 aromatic carbocycles. The molecule has 1 aliphatic rings. The van der Waals surface area contributed by atoms with Gasteiger partial charge in [0, 0.05) is 19.2 Å². The maximum absolute atomic E-state index is 4.37. The van der Waals surface area contributed by atoms with Crippen LogP contribution in [0.1, 0.15) is 63.5 Å². The summed E-state index contributed by atoms with van der Waals surface area (Å²) in [5.74, 6) is 0.743. The van der Waals surface area contributed by atoms with Gasteiger partial charge in [-0.25, -0.2) is 0 Å². The molecule has 0 amide bonds. The standard InChI is InChI=1S/C28H39N/c1-6-27(7-2)28(17-16-24-12-9-8-10-13-24)19-22(3)18-25-14-11-15-26(21-25)20-23(4)29-5/h6,11,14-17,19,21,24,29H,3-4,7-10,12-13,18,20H2,1-2,5H3/b17-16+,27-6-,28-19-. The summed E-state index contributed by atoms with van der Waals surface area (Å²) in [4.78, 5) is 0. The van der Waals surface area contributed by atoms with Gasteiger partial charge >= 0.3 is 0 Å². The number of benzene rings is 1. The maximum Gasteiger partial charge on any atom is 0.0117 e. The minimum absolute atomic E-state index is 0.743. The first-order valence-corrected chi connectivity index (χ1v) is 11.2. The number of nitrogens with one attached hydrogen (secondary N) is 1. The predicted molar refractivity (Wildman–Crippen MR) is 129 cm³/mol. The van der Waals surface area contributed by atoms with Crippen LogP contribution in [0.25, 0.3) is 0 Å². The summed E-state index contributed by atoms with van der Waals surface area (Å²) in [7, 11) is 1.92. The molecule has 1 N–H and O–H groups in total. The zero-order valence-corrected chi connectivity index (χ0v) is 18.8. The summed E-state index contributed by atoms with van der Waals surface area (Å²) >= 11 is 0. The van der Waals surface area contributed by atoms with E-state index in [0.29, 0.717) is 0 Å². The Hall–Kier alpha value is -2.28. The van der Waals surface area contributed by atoms with Gasteiger partial charge in [-0.05, 0) is 60.8 Å². The molecule has 0 saturated heterocycles. The van der Waals surface area contributed by atoms with Crippen molar-refractivity contribution >= 4 is 0 Å². The van der Waals surface area contributed by atoms with Gasteiger partial charge in [0.25, 0.3) is 0 Å². The molecule has 1 heteroatoms. The first kappa shape index (κ1) is 23.0. The second-order valence-electron chi connectivity index (χ2n) is 8.21. The third-order valence-electron chi connectivity index (χ3n) is 5.85. The molecule has 0 radical (unpaired) electrons. The molecular weight excluding hydrogens is 350 g/mol. The first-order chi connectivity index (χ1) is 14.0. The predicted octanol–water partition coefficient (Wildman–Crippen LogP) is 7.48. The minimum atomic E-state index is 0.743. The molecule has 0 aromatic heterocycles. The Morgan fingerprint density at radius 2 is 1.79 bits per heavy atom. The van der Waals surface area contributed by atoms with E-state index >= 15 is 0 Å². The van der Waals surface area contributed by atoms with Crippen LogP contribution in [-0.4, -0.2) is 7.05 Å². The van der Waals surface area contributed by atoms with E-state index in [4.69, 9.17) is 0 Å². The van der Waals surface area contributed by atoms with Crippen LogP contribution in [0.3, 0.4) is 0 Å². The number of allylic oxidation sites excluding steroid dienone is 8. The van der Waals surface area contributed by atoms with Crippen molar-refractivity contribution in [3.8, 4) is 0 Å². The molecule has 156 valence electrons. The van der Waals surface area contributed by atoms with Crippen molar-refractivity contribution in [3.05, 3.63) is 95.3 Å². The quantitative estimate of drug-likeness (QED) is 0.409. The molecule has 0 heterocycles. The minimum Gasteiger partial charge on any atom is -0.392 e. The van der Waals surface area contributed by atoms with Crippen LogP contribution in [0.5, 0.6) is 0 Å². The molecule has 2 rings (SSSR count). The molecule has 1 fully saturated rings. The summed E-state index contributed by atoms with van der Waals surface area (Å²) in [6, 6.07) is 8.77. The fourth-order valence-electron chi connectivity index (χ4n) is 4.11. The Balaban J connectivity index is 2.13. The molecule has 0 aliphatic heterocycles. The molecular formula is C28H39N. The van der Waals surface area contributed by atoms with Crippen molar-refractivity contribution in [1.82, 2.24) is 5.32 Å². The SMILES string of the molecule is C=C(/C=C(/C=C/C1CCCCC1)C(=C/C)\CC)Cc1cccc(CC(=C)NC)c1. The highest BCUT2D eigenvalue weighted by molar-refractivity contribution is 5.45. The molecule has 0 bridgehead atoms. The van der Waals surface area contributed by atoms with Crippen LogP contribution in [0.15, 0.2) is 84.1 Å². The van der Waals surface area contributed by atoms with Gasteiger partial charge in [0.1, 0.15) is 0 Å². The lowest BCUT2D eigenvalue weighted by Crippen LogP contribution is -2.06. The van der Waals surface area contributed by atoms with Gasteiger partial charge < -0.3 is 5.32 Å². The van der Waals surface area contributed by atoms with Gasteiger partial charge in [0.05, 0.1) is 0 Å². The maximum atomic E-state index is 4.37. The zero-order chi connectivity index (χ0) is 21.1. The molecule has 1 aromatic rings. The summed E-state index contributed by atoms with van der Waals surface area (Å²) in [5.41, 5.74) is 7.52. The third kappa shape index (κ3) is 7.93. The Morgan fingerprint density at radius 1 is 1.10 bits per heavy atom. The largest absolute Gasteiger partial charge is 0.392 e. The third-order valence-corrected chi connectivity index (χ3v) is 5.85. The number of likely N-dealkylation sites (N-methyl/N-ethyl adjacent to an activating group) is 1. The van der Waals surface area contributed by atoms with Crippen LogP contribution in [-0.2, 0) is 12.8 Å². The van der Waals surface area contributed by atoms with Crippen molar-refractivity contribution in [1.29, 1.82) is 0 Å². The highest BCUT2D eigenvalue weighted by Crippen LogP contribution is 2.27. The van der Waals surface area contributed by atoms with Crippen LogP contribution in [0.4, 0.5) is 0 Å². The van der Waals surface area contributed by atoms with Crippen LogP contribution in [0, 0.1) is 5.92 Å². The zero-order valence-electron chi connectivity index (χ0n) is 18.8. The van der Waals surface area contributed by atoms with Crippen LogP contribution < -0.4 is 5.32 Å². The van der Waals surface area contributed by atoms with Gasteiger partial charge in [-0.3, -0.25) is 0 Å². The van der Waals surface area contributed by atoms with Gasteiger partial charge in [-0.1, -0.05) is 93.5 Å². The average Bonchev–Trinajstić information content (AvgIpc) is 2.73. The Morgan fingerprint density at radius 3 is 2.41 bits per heavy atom. The van der Waals surface area contributed by atoms with Crippen molar-refractivity contribution in [2.45, 2.75) is 65.2 Å². The Labute approximate surface area is 179 Å². The van der Waals surface area contributed by atoms with Crippen molar-refractivity contribution in [2.24, 2.45) is 5.92 Å². The number of hydrogen-bond acceptors (Lipinski definition) is 1. The Kier molecular flexibility index (Phi) is 9.77. The fourth-order valence-corrected chi connectivity index (χ4v) is 4.11. The van der Waals surface area contributed by atoms with Crippen LogP contribution >= 0.6 is 0 Å². The lowest BCUT2D eigenvalue weighted by atomic mass is 9.88. The van der Waals surface area contributed by atoms with E-state index in [1.807, 2.05) is 7.05 Å². The summed E-state index contributed by atoms with van der Waals surface area (Å²) < 4.78 is 0. The topological polar surface area (TPSA) is 12.0 Å². The van der Waals surface area contributed by atoms with Crippen molar-refractivity contribution < 1.29 is 0 Å². The van der Waals surface area contributed by atoms with E-state index in [-0.39, 0.29) is 0 Å². The Bertz CT molecular complexity index is 769. The molecule has 1 saturated carbocycles. The summed E-state index contributed by atoms with van der Waals surface area (Å²) in [6.07, 6.45) is 19.0. The highest BCUT2D eigenvalue weighted by atomic mass is 14.8. The first-order valence-electron chi connectivity index (χ1n) is 11.2. The average molecular weight is 390 g/mol. The van der Waals surface area contributed by atoms with Gasteiger partial charge in [-0.2, -0.15) is 0 Å². The van der Waals surface area contributed by atoms with E-state index in [0.717, 1.165) is 36.5 Å². The molecule has 0 atom stereocenters.